The second-order valence-corrected chi connectivity index (χ2v) is 14.3. The average Bonchev–Trinajstić information content (AvgIpc) is 3.73. The van der Waals surface area contributed by atoms with Gasteiger partial charge in [-0.25, -0.2) is 28.4 Å². The summed E-state index contributed by atoms with van der Waals surface area (Å²) in [6, 6.07) is 23.7. The fourth-order valence-corrected chi connectivity index (χ4v) is 6.53. The lowest BCUT2D eigenvalue weighted by Gasteiger charge is -2.11. The minimum absolute atomic E-state index is 0.190. The number of halogens is 6. The van der Waals surface area contributed by atoms with Gasteiger partial charge in [-0.15, -0.1) is 0 Å². The van der Waals surface area contributed by atoms with Crippen LogP contribution in [0.4, 0.5) is 49.4 Å². The van der Waals surface area contributed by atoms with Crippen LogP contribution in [0.25, 0.3) is 33.7 Å². The topological polar surface area (TPSA) is 145 Å². The fraction of sp³-hybridized carbons (Fsp3) is 0.105. The summed E-state index contributed by atoms with van der Waals surface area (Å²) in [5.41, 5.74) is 2.13. The van der Waals surface area contributed by atoms with Gasteiger partial charge in [-0.1, -0.05) is 24.3 Å². The molecule has 0 saturated heterocycles. The minimum Gasteiger partial charge on any atom is -0.339 e. The molecule has 57 heavy (non-hydrogen) atoms. The lowest BCUT2D eigenvalue weighted by atomic mass is 10.2. The Morgan fingerprint density at radius 1 is 0.544 bits per heavy atom. The summed E-state index contributed by atoms with van der Waals surface area (Å²) in [6.07, 6.45) is -1.88. The summed E-state index contributed by atoms with van der Waals surface area (Å²) in [4.78, 5) is 25.8. The van der Waals surface area contributed by atoms with E-state index in [1.807, 2.05) is 35.8 Å². The minimum atomic E-state index is -4.43. The number of fused-ring (bicyclic) bond motifs is 2. The first kappa shape index (κ1) is 38.4. The molecule has 0 bridgehead atoms. The van der Waals surface area contributed by atoms with Crippen LogP contribution < -0.4 is 10.6 Å². The third-order valence-corrected chi connectivity index (χ3v) is 9.20. The summed E-state index contributed by atoms with van der Waals surface area (Å²) in [7, 11) is -3.68. The van der Waals surface area contributed by atoms with Crippen LogP contribution in [0.3, 0.4) is 0 Å². The summed E-state index contributed by atoms with van der Waals surface area (Å²) in [5, 5.41) is 5.65. The Bertz CT molecular complexity index is 2820. The van der Waals surface area contributed by atoms with Crippen molar-refractivity contribution in [2.75, 3.05) is 16.9 Å². The van der Waals surface area contributed by atoms with Crippen LogP contribution in [0.5, 0.6) is 0 Å². The second kappa shape index (κ2) is 15.0. The van der Waals surface area contributed by atoms with E-state index in [1.165, 1.54) is 47.4 Å². The molecule has 0 radical (unpaired) electrons. The molecule has 8 aromatic rings. The first-order valence-electron chi connectivity index (χ1n) is 16.7. The van der Waals surface area contributed by atoms with E-state index >= 15 is 0 Å². The first-order chi connectivity index (χ1) is 27.0. The van der Waals surface area contributed by atoms with Crippen molar-refractivity contribution in [3.63, 3.8) is 0 Å². The van der Waals surface area contributed by atoms with Crippen LogP contribution in [0.1, 0.15) is 17.0 Å². The van der Waals surface area contributed by atoms with Gasteiger partial charge in [-0.05, 0) is 79.7 Å². The first-order valence-corrected chi connectivity index (χ1v) is 18.6. The highest BCUT2D eigenvalue weighted by Crippen LogP contribution is 2.32. The molecule has 0 aliphatic heterocycles. The lowest BCUT2D eigenvalue weighted by molar-refractivity contribution is -0.138. The van der Waals surface area contributed by atoms with E-state index in [0.29, 0.717) is 34.0 Å². The normalized spacial score (nSPS) is 12.0. The van der Waals surface area contributed by atoms with Crippen molar-refractivity contribution in [1.29, 1.82) is 0 Å². The van der Waals surface area contributed by atoms with Gasteiger partial charge in [0.25, 0.3) is 0 Å². The Morgan fingerprint density at radius 2 is 0.965 bits per heavy atom. The molecule has 0 spiro atoms. The van der Waals surface area contributed by atoms with Crippen LogP contribution in [0.15, 0.2) is 127 Å². The number of imidazole rings is 2. The van der Waals surface area contributed by atoms with Gasteiger partial charge in [0.1, 0.15) is 5.82 Å². The zero-order valence-corrected chi connectivity index (χ0v) is 30.4. The van der Waals surface area contributed by atoms with Gasteiger partial charge in [-0.3, -0.25) is 19.1 Å². The van der Waals surface area contributed by atoms with Crippen molar-refractivity contribution < 1.29 is 34.8 Å². The van der Waals surface area contributed by atoms with Crippen molar-refractivity contribution in [2.24, 2.45) is 0 Å². The standard InChI is InChI=1S/C19H14F3N5O2S.C19H14F3N5/c1-30(28,29)18-25-14-4-2-3-5-15(14)27(18)17-11-23-10-16(26-17)24-13-8-6-12(7-9-13)19(20,21)22;1-12-24-15-4-2-3-5-16(15)27(12)18-11-23-10-17(26-18)25-14-8-6-13(7-9-14)19(20,21)22/h2-11H,1H3,(H,24,26);2-11H,1H3,(H,25,26). The van der Waals surface area contributed by atoms with Gasteiger partial charge in [0.2, 0.25) is 15.0 Å². The molecule has 8 rings (SSSR count). The molecule has 2 N–H and O–H groups in total. The number of hydrogen-bond acceptors (Lipinski definition) is 10. The number of aryl methyl sites for hydroxylation is 1. The SMILES string of the molecule is CS(=O)(=O)c1nc2ccccc2n1-c1cncc(Nc2ccc(C(F)(F)F)cc2)n1.Cc1nc2ccccc2n1-c1cncc(Nc2ccc(C(F)(F)F)cc2)n1. The molecular weight excluding hydrogens is 775 g/mol. The van der Waals surface area contributed by atoms with E-state index in [0.717, 1.165) is 47.4 Å². The maximum atomic E-state index is 12.7. The molecule has 0 saturated carbocycles. The average molecular weight is 803 g/mol. The van der Waals surface area contributed by atoms with E-state index in [2.05, 4.69) is 40.5 Å². The molecule has 12 nitrogen and oxygen atoms in total. The van der Waals surface area contributed by atoms with Gasteiger partial charge in [-0.2, -0.15) is 26.3 Å². The zero-order chi connectivity index (χ0) is 40.5. The Balaban J connectivity index is 0.000000175. The molecule has 4 aromatic carbocycles. The Hall–Kier alpha value is -6.89. The molecule has 0 fully saturated rings. The summed E-state index contributed by atoms with van der Waals surface area (Å²) < 4.78 is 104. The second-order valence-electron chi connectivity index (χ2n) is 12.4. The van der Waals surface area contributed by atoms with Crippen LogP contribution in [-0.4, -0.2) is 53.7 Å². The van der Waals surface area contributed by atoms with E-state index < -0.39 is 33.3 Å². The van der Waals surface area contributed by atoms with E-state index in [1.54, 1.807) is 30.5 Å². The number of aromatic nitrogens is 8. The Kier molecular flexibility index (Phi) is 10.1. The van der Waals surface area contributed by atoms with Gasteiger partial charge in [0, 0.05) is 17.6 Å². The highest BCUT2D eigenvalue weighted by Gasteiger charge is 2.31. The summed E-state index contributed by atoms with van der Waals surface area (Å²) in [5.74, 6) is 2.17. The molecular formula is C38H28F6N10O2S. The van der Waals surface area contributed by atoms with Crippen molar-refractivity contribution in [2.45, 2.75) is 24.4 Å². The van der Waals surface area contributed by atoms with E-state index in [-0.39, 0.29) is 16.8 Å². The van der Waals surface area contributed by atoms with Crippen LogP contribution in [0.2, 0.25) is 0 Å². The summed E-state index contributed by atoms with van der Waals surface area (Å²) in [6.45, 7) is 1.87. The maximum absolute atomic E-state index is 12.7. The highest BCUT2D eigenvalue weighted by molar-refractivity contribution is 7.90. The molecule has 19 heteroatoms. The predicted molar refractivity (Wildman–Crippen MR) is 201 cm³/mol. The van der Waals surface area contributed by atoms with Gasteiger partial charge in [0.15, 0.2) is 23.3 Å². The monoisotopic (exact) mass is 802 g/mol. The van der Waals surface area contributed by atoms with Crippen molar-refractivity contribution >= 4 is 54.9 Å². The Labute approximate surface area is 319 Å². The number of sulfone groups is 1. The number of benzene rings is 4. The molecule has 0 unspecified atom stereocenters. The maximum Gasteiger partial charge on any atom is 0.416 e. The number of nitrogens with zero attached hydrogens (tertiary/aromatic N) is 8. The molecule has 0 amide bonds. The van der Waals surface area contributed by atoms with Gasteiger partial charge >= 0.3 is 12.4 Å². The molecule has 0 aliphatic carbocycles. The molecule has 0 aliphatic rings. The van der Waals surface area contributed by atoms with Crippen LogP contribution in [0, 0.1) is 6.92 Å². The van der Waals surface area contributed by atoms with Crippen LogP contribution >= 0.6 is 0 Å². The summed E-state index contributed by atoms with van der Waals surface area (Å²) >= 11 is 0. The molecule has 290 valence electrons. The number of nitrogens with one attached hydrogen (secondary N) is 2. The predicted octanol–water partition coefficient (Wildman–Crippen LogP) is 8.87. The smallest absolute Gasteiger partial charge is 0.339 e. The van der Waals surface area contributed by atoms with Crippen molar-refractivity contribution in [3.8, 4) is 11.6 Å². The number of hydrogen-bond donors (Lipinski definition) is 2. The molecule has 0 atom stereocenters. The highest BCUT2D eigenvalue weighted by atomic mass is 32.2. The zero-order valence-electron chi connectivity index (χ0n) is 29.6. The number of anilines is 4. The van der Waals surface area contributed by atoms with Crippen molar-refractivity contribution in [1.82, 2.24) is 39.0 Å². The fourth-order valence-electron chi connectivity index (χ4n) is 5.74. The van der Waals surface area contributed by atoms with E-state index in [4.69, 9.17) is 0 Å². The van der Waals surface area contributed by atoms with Crippen LogP contribution in [-0.2, 0) is 22.2 Å². The van der Waals surface area contributed by atoms with Crippen molar-refractivity contribution in [3.05, 3.63) is 139 Å². The Morgan fingerprint density at radius 3 is 1.42 bits per heavy atom. The lowest BCUT2D eigenvalue weighted by Crippen LogP contribution is -2.10. The molecule has 4 aromatic heterocycles. The third-order valence-electron chi connectivity index (χ3n) is 8.26. The third kappa shape index (κ3) is 8.52. The number of para-hydroxylation sites is 4. The van der Waals surface area contributed by atoms with Gasteiger partial charge < -0.3 is 10.6 Å². The van der Waals surface area contributed by atoms with Gasteiger partial charge in [0.05, 0.1) is 58.0 Å². The number of rotatable bonds is 7. The quantitative estimate of drug-likeness (QED) is 0.150. The number of alkyl halides is 6. The largest absolute Gasteiger partial charge is 0.416 e. The molecule has 4 heterocycles. The van der Waals surface area contributed by atoms with E-state index in [9.17, 15) is 34.8 Å².